The van der Waals surface area contributed by atoms with Gasteiger partial charge in [-0.05, 0) is 36.6 Å². The predicted molar refractivity (Wildman–Crippen MR) is 123 cm³/mol. The number of carbonyl (C=O) groups excluding carboxylic acids is 1. The van der Waals surface area contributed by atoms with Crippen LogP contribution < -0.4 is 5.32 Å². The highest BCUT2D eigenvalue weighted by molar-refractivity contribution is 6.04. The summed E-state index contributed by atoms with van der Waals surface area (Å²) in [6.45, 7) is 8.15. The number of ether oxygens (including phenoxy) is 1. The largest absolute Gasteiger partial charge is 0.379 e. The van der Waals surface area contributed by atoms with Crippen LogP contribution >= 0.6 is 0 Å². The topological polar surface area (TPSA) is 97.8 Å². The number of imidazole rings is 1. The van der Waals surface area contributed by atoms with Gasteiger partial charge in [0, 0.05) is 44.0 Å². The zero-order valence-corrected chi connectivity index (χ0v) is 18.7. The van der Waals surface area contributed by atoms with Gasteiger partial charge in [0.1, 0.15) is 11.3 Å². The van der Waals surface area contributed by atoms with Gasteiger partial charge in [0.2, 0.25) is 11.7 Å². The Balaban J connectivity index is 1.35. The van der Waals surface area contributed by atoms with Crippen LogP contribution in [0.1, 0.15) is 27.5 Å². The first-order valence-electron chi connectivity index (χ1n) is 11.1. The maximum absolute atomic E-state index is 13.2. The maximum Gasteiger partial charge on any atom is 0.274 e. The number of fused-ring (bicyclic) bond motifs is 1. The quantitative estimate of drug-likeness (QED) is 0.486. The van der Waals surface area contributed by atoms with Gasteiger partial charge in [-0.25, -0.2) is 4.98 Å². The second-order valence-electron chi connectivity index (χ2n) is 8.23. The van der Waals surface area contributed by atoms with Crippen LogP contribution in [0.5, 0.6) is 0 Å². The predicted octanol–water partition coefficient (Wildman–Crippen LogP) is 3.13. The van der Waals surface area contributed by atoms with E-state index in [4.69, 9.17) is 9.26 Å². The van der Waals surface area contributed by atoms with E-state index in [0.717, 1.165) is 61.6 Å². The minimum atomic E-state index is -0.225. The highest BCUT2D eigenvalue weighted by Crippen LogP contribution is 2.24. The number of nitrogens with zero attached hydrogens (tertiary/aromatic N) is 5. The Labute approximate surface area is 191 Å². The summed E-state index contributed by atoms with van der Waals surface area (Å²) in [5, 5.41) is 6.98. The van der Waals surface area contributed by atoms with Crippen molar-refractivity contribution in [1.29, 1.82) is 0 Å². The summed E-state index contributed by atoms with van der Waals surface area (Å²) in [6.07, 6.45) is 4.52. The summed E-state index contributed by atoms with van der Waals surface area (Å²) in [4.78, 5) is 24.2. The molecule has 0 spiro atoms. The third-order valence-corrected chi connectivity index (χ3v) is 5.89. The van der Waals surface area contributed by atoms with Crippen molar-refractivity contribution in [2.75, 3.05) is 38.2 Å². The lowest BCUT2D eigenvalue weighted by Gasteiger charge is -2.26. The molecule has 9 nitrogen and oxygen atoms in total. The van der Waals surface area contributed by atoms with Crippen molar-refractivity contribution < 1.29 is 14.1 Å². The molecule has 0 aliphatic carbocycles. The van der Waals surface area contributed by atoms with Crippen LogP contribution in [-0.2, 0) is 11.2 Å². The van der Waals surface area contributed by atoms with Crippen molar-refractivity contribution >= 4 is 17.2 Å². The smallest absolute Gasteiger partial charge is 0.274 e. The van der Waals surface area contributed by atoms with Gasteiger partial charge >= 0.3 is 0 Å². The zero-order valence-electron chi connectivity index (χ0n) is 18.7. The molecule has 1 aliphatic rings. The van der Waals surface area contributed by atoms with Crippen molar-refractivity contribution in [2.45, 2.75) is 20.3 Å². The number of aromatic nitrogens is 4. The Kier molecular flexibility index (Phi) is 5.89. The molecule has 9 heteroatoms. The summed E-state index contributed by atoms with van der Waals surface area (Å²) in [5.74, 6) is 0.756. The van der Waals surface area contributed by atoms with E-state index in [1.807, 2.05) is 41.8 Å². The Morgan fingerprint density at radius 3 is 2.79 bits per heavy atom. The van der Waals surface area contributed by atoms with Crippen LogP contribution in [0.3, 0.4) is 0 Å². The summed E-state index contributed by atoms with van der Waals surface area (Å²) in [6, 6.07) is 9.72. The molecule has 33 heavy (non-hydrogen) atoms. The number of rotatable bonds is 6. The molecular weight excluding hydrogens is 420 g/mol. The van der Waals surface area contributed by atoms with Gasteiger partial charge in [-0.15, -0.1) is 0 Å². The fourth-order valence-electron chi connectivity index (χ4n) is 3.95. The van der Waals surface area contributed by atoms with E-state index in [-0.39, 0.29) is 5.91 Å². The number of nitrogens with one attached hydrogen (secondary N) is 1. The molecule has 4 aromatic rings. The molecule has 170 valence electrons. The monoisotopic (exact) mass is 446 g/mol. The highest BCUT2D eigenvalue weighted by atomic mass is 16.5. The Morgan fingerprint density at radius 1 is 1.15 bits per heavy atom. The van der Waals surface area contributed by atoms with Crippen LogP contribution in [0.15, 0.2) is 47.2 Å². The van der Waals surface area contributed by atoms with Gasteiger partial charge in [0.15, 0.2) is 0 Å². The molecule has 0 unspecified atom stereocenters. The zero-order chi connectivity index (χ0) is 22.8. The van der Waals surface area contributed by atoms with Crippen molar-refractivity contribution in [1.82, 2.24) is 24.4 Å². The molecule has 0 bridgehead atoms. The lowest BCUT2D eigenvalue weighted by atomic mass is 10.1. The highest BCUT2D eigenvalue weighted by Gasteiger charge is 2.16. The SMILES string of the molecule is Cc1nc(-c2ccc(C)c(NC(=O)c3cnc4ccc(CCN5CCOCC5)cn34)c2)no1. The number of hydrogen-bond donors (Lipinski definition) is 1. The summed E-state index contributed by atoms with van der Waals surface area (Å²) >= 11 is 0. The minimum Gasteiger partial charge on any atom is -0.379 e. The molecule has 0 radical (unpaired) electrons. The molecule has 1 saturated heterocycles. The summed E-state index contributed by atoms with van der Waals surface area (Å²) in [5.41, 5.74) is 4.79. The van der Waals surface area contributed by atoms with Gasteiger partial charge in [0.05, 0.1) is 19.4 Å². The number of hydrogen-bond acceptors (Lipinski definition) is 7. The lowest BCUT2D eigenvalue weighted by molar-refractivity contribution is 0.0384. The third kappa shape index (κ3) is 4.64. The van der Waals surface area contributed by atoms with E-state index in [9.17, 15) is 4.79 Å². The van der Waals surface area contributed by atoms with Crippen molar-refractivity contribution in [3.8, 4) is 11.4 Å². The Morgan fingerprint density at radius 2 is 2.00 bits per heavy atom. The minimum absolute atomic E-state index is 0.225. The number of amides is 1. The van der Waals surface area contributed by atoms with Crippen LogP contribution in [0, 0.1) is 13.8 Å². The van der Waals surface area contributed by atoms with Crippen molar-refractivity contribution in [3.63, 3.8) is 0 Å². The van der Waals surface area contributed by atoms with Crippen LogP contribution in [0.2, 0.25) is 0 Å². The Bertz CT molecular complexity index is 1290. The number of anilines is 1. The van der Waals surface area contributed by atoms with E-state index in [2.05, 4.69) is 31.4 Å². The number of pyridine rings is 1. The van der Waals surface area contributed by atoms with Gasteiger partial charge in [0.25, 0.3) is 5.91 Å². The van der Waals surface area contributed by atoms with Gasteiger partial charge in [-0.2, -0.15) is 4.98 Å². The molecule has 0 atom stereocenters. The molecule has 1 amide bonds. The molecule has 3 aromatic heterocycles. The number of carbonyl (C=O) groups is 1. The van der Waals surface area contributed by atoms with E-state index in [1.54, 1.807) is 13.1 Å². The van der Waals surface area contributed by atoms with E-state index in [1.165, 1.54) is 0 Å². The second kappa shape index (κ2) is 9.13. The summed E-state index contributed by atoms with van der Waals surface area (Å²) in [7, 11) is 0. The summed E-state index contributed by atoms with van der Waals surface area (Å²) < 4.78 is 12.4. The molecule has 0 saturated carbocycles. The van der Waals surface area contributed by atoms with Crippen LogP contribution in [0.4, 0.5) is 5.69 Å². The molecule has 1 fully saturated rings. The van der Waals surface area contributed by atoms with E-state index < -0.39 is 0 Å². The molecular formula is C24H26N6O3. The molecule has 1 N–H and O–H groups in total. The van der Waals surface area contributed by atoms with Gasteiger partial charge < -0.3 is 14.6 Å². The first-order chi connectivity index (χ1) is 16.1. The second-order valence-corrected chi connectivity index (χ2v) is 8.23. The number of aryl methyl sites for hydroxylation is 2. The van der Waals surface area contributed by atoms with E-state index >= 15 is 0 Å². The van der Waals surface area contributed by atoms with Crippen LogP contribution in [0.25, 0.3) is 17.0 Å². The normalized spacial score (nSPS) is 14.6. The fourth-order valence-corrected chi connectivity index (χ4v) is 3.95. The molecule has 1 aliphatic heterocycles. The number of benzene rings is 1. The first-order valence-corrected chi connectivity index (χ1v) is 11.1. The lowest BCUT2D eigenvalue weighted by Crippen LogP contribution is -2.37. The Hall–Kier alpha value is -3.56. The standard InChI is InChI=1S/C24H26N6O3/c1-16-3-5-19(23-26-17(2)33-28-23)13-20(16)27-24(31)21-14-25-22-6-4-18(15-30(21)22)7-8-29-9-11-32-12-10-29/h3-6,13-15H,7-12H2,1-2H3,(H,27,31). The van der Waals surface area contributed by atoms with Crippen LogP contribution in [-0.4, -0.2) is 63.2 Å². The van der Waals surface area contributed by atoms with Gasteiger partial charge in [-0.1, -0.05) is 23.4 Å². The maximum atomic E-state index is 13.2. The number of morpholine rings is 1. The van der Waals surface area contributed by atoms with Gasteiger partial charge in [-0.3, -0.25) is 14.1 Å². The van der Waals surface area contributed by atoms with Crippen molar-refractivity contribution in [2.24, 2.45) is 0 Å². The third-order valence-electron chi connectivity index (χ3n) is 5.89. The average Bonchev–Trinajstić information content (AvgIpc) is 3.46. The average molecular weight is 447 g/mol. The molecule has 1 aromatic carbocycles. The molecule has 4 heterocycles. The fraction of sp³-hybridized carbons (Fsp3) is 0.333. The molecule has 5 rings (SSSR count). The van der Waals surface area contributed by atoms with E-state index in [0.29, 0.717) is 23.1 Å². The first kappa shape index (κ1) is 21.3. The van der Waals surface area contributed by atoms with Crippen molar-refractivity contribution in [3.05, 3.63) is 65.4 Å².